The number of carbonyl (C=O) groups excluding carboxylic acids is 1. The van der Waals surface area contributed by atoms with E-state index in [9.17, 15) is 21.6 Å². The number of benzene rings is 2. The van der Waals surface area contributed by atoms with Crippen LogP contribution in [-0.4, -0.2) is 87.1 Å². The van der Waals surface area contributed by atoms with Crippen LogP contribution in [0.5, 0.6) is 0 Å². The fourth-order valence-electron chi connectivity index (χ4n) is 5.56. The predicted octanol–water partition coefficient (Wildman–Crippen LogP) is 2.93. The SMILES string of the molecule is CC1CC(C)CN(S(=O)(=O)c2ccc3c(c2)cc(C(=O)N2CCN(C)CC2)n3S(=O)(=O)c2ccccc2)C1. The van der Waals surface area contributed by atoms with E-state index in [4.69, 9.17) is 0 Å². The molecule has 2 fully saturated rings. The Bertz CT molecular complexity index is 1550. The van der Waals surface area contributed by atoms with E-state index in [0.29, 0.717) is 44.7 Å². The molecule has 1 amide bonds. The van der Waals surface area contributed by atoms with Crippen molar-refractivity contribution in [2.24, 2.45) is 11.8 Å². The predicted molar refractivity (Wildman–Crippen MR) is 146 cm³/mol. The molecule has 38 heavy (non-hydrogen) atoms. The molecule has 3 heterocycles. The van der Waals surface area contributed by atoms with Gasteiger partial charge in [0, 0.05) is 44.7 Å². The molecule has 9 nitrogen and oxygen atoms in total. The molecule has 5 rings (SSSR count). The van der Waals surface area contributed by atoms with Crippen molar-refractivity contribution in [3.05, 3.63) is 60.3 Å². The maximum atomic E-state index is 13.8. The second-order valence-corrected chi connectivity index (χ2v) is 14.4. The molecule has 0 spiro atoms. The molecular formula is C27H34N4O5S2. The zero-order chi connectivity index (χ0) is 27.2. The van der Waals surface area contributed by atoms with Gasteiger partial charge in [0.1, 0.15) is 5.69 Å². The van der Waals surface area contributed by atoms with E-state index in [0.717, 1.165) is 10.4 Å². The van der Waals surface area contributed by atoms with Crippen molar-refractivity contribution in [3.8, 4) is 0 Å². The quantitative estimate of drug-likeness (QED) is 0.478. The van der Waals surface area contributed by atoms with Crippen LogP contribution >= 0.6 is 0 Å². The van der Waals surface area contributed by atoms with Crippen molar-refractivity contribution in [3.63, 3.8) is 0 Å². The van der Waals surface area contributed by atoms with Crippen LogP contribution in [0.15, 0.2) is 64.4 Å². The fourth-order valence-corrected chi connectivity index (χ4v) is 8.80. The van der Waals surface area contributed by atoms with Crippen LogP contribution in [0.4, 0.5) is 0 Å². The van der Waals surface area contributed by atoms with Crippen LogP contribution in [0.2, 0.25) is 0 Å². The summed E-state index contributed by atoms with van der Waals surface area (Å²) in [6.45, 7) is 7.32. The highest BCUT2D eigenvalue weighted by atomic mass is 32.2. The third-order valence-electron chi connectivity index (χ3n) is 7.49. The number of piperazine rings is 1. The van der Waals surface area contributed by atoms with Gasteiger partial charge in [-0.05, 0) is 61.7 Å². The smallest absolute Gasteiger partial charge is 0.271 e. The second kappa shape index (κ2) is 10.1. The van der Waals surface area contributed by atoms with E-state index < -0.39 is 26.0 Å². The molecule has 2 unspecified atom stereocenters. The first-order chi connectivity index (χ1) is 18.0. The summed E-state index contributed by atoms with van der Waals surface area (Å²) in [5, 5.41) is 0.390. The lowest BCUT2D eigenvalue weighted by Crippen LogP contribution is -2.47. The largest absolute Gasteiger partial charge is 0.335 e. The maximum Gasteiger partial charge on any atom is 0.271 e. The highest BCUT2D eigenvalue weighted by molar-refractivity contribution is 7.90. The Labute approximate surface area is 224 Å². The maximum absolute atomic E-state index is 13.8. The molecule has 0 bridgehead atoms. The molecule has 11 heteroatoms. The topological polar surface area (TPSA) is 100 Å². The van der Waals surface area contributed by atoms with Gasteiger partial charge in [0.15, 0.2) is 0 Å². The summed E-state index contributed by atoms with van der Waals surface area (Å²) < 4.78 is 57.4. The molecule has 0 aliphatic carbocycles. The van der Waals surface area contributed by atoms with E-state index in [1.807, 2.05) is 20.9 Å². The number of hydrogen-bond donors (Lipinski definition) is 0. The molecule has 0 radical (unpaired) electrons. The van der Waals surface area contributed by atoms with Gasteiger partial charge in [-0.15, -0.1) is 0 Å². The summed E-state index contributed by atoms with van der Waals surface area (Å²) in [6, 6.07) is 13.9. The lowest BCUT2D eigenvalue weighted by atomic mass is 9.94. The lowest BCUT2D eigenvalue weighted by molar-refractivity contribution is 0.0657. The van der Waals surface area contributed by atoms with Crippen molar-refractivity contribution in [2.75, 3.05) is 46.3 Å². The number of rotatable bonds is 5. The van der Waals surface area contributed by atoms with Gasteiger partial charge < -0.3 is 9.80 Å². The Morgan fingerprint density at radius 2 is 1.42 bits per heavy atom. The van der Waals surface area contributed by atoms with E-state index in [-0.39, 0.29) is 32.8 Å². The van der Waals surface area contributed by atoms with Gasteiger partial charge in [-0.1, -0.05) is 32.0 Å². The first kappa shape index (κ1) is 26.9. The summed E-state index contributed by atoms with van der Waals surface area (Å²) in [7, 11) is -5.94. The Morgan fingerprint density at radius 1 is 0.789 bits per heavy atom. The molecule has 204 valence electrons. The van der Waals surface area contributed by atoms with Crippen LogP contribution < -0.4 is 0 Å². The number of sulfonamides is 1. The minimum absolute atomic E-state index is 0.00294. The first-order valence-electron chi connectivity index (χ1n) is 12.9. The normalized spacial score (nSPS) is 22.1. The molecule has 2 atom stereocenters. The monoisotopic (exact) mass is 558 g/mol. The van der Waals surface area contributed by atoms with Crippen molar-refractivity contribution in [1.82, 2.24) is 18.1 Å². The van der Waals surface area contributed by atoms with Gasteiger partial charge in [0.25, 0.3) is 15.9 Å². The Kier molecular flexibility index (Phi) is 7.14. The Hall–Kier alpha value is -2.73. The second-order valence-electron chi connectivity index (χ2n) is 10.7. The van der Waals surface area contributed by atoms with Gasteiger partial charge in [-0.2, -0.15) is 4.31 Å². The van der Waals surface area contributed by atoms with Gasteiger partial charge >= 0.3 is 0 Å². The summed E-state index contributed by atoms with van der Waals surface area (Å²) in [4.78, 5) is 17.6. The lowest BCUT2D eigenvalue weighted by Gasteiger charge is -2.34. The number of likely N-dealkylation sites (N-methyl/N-ethyl adjacent to an activating group) is 1. The summed E-state index contributed by atoms with van der Waals surface area (Å²) in [5.41, 5.74) is 0.272. The zero-order valence-corrected chi connectivity index (χ0v) is 23.6. The fraction of sp³-hybridized carbons (Fsp3) is 0.444. The molecule has 0 saturated carbocycles. The molecular weight excluding hydrogens is 524 g/mol. The third kappa shape index (κ3) is 4.88. The van der Waals surface area contributed by atoms with Crippen LogP contribution in [0.3, 0.4) is 0 Å². The summed E-state index contributed by atoms with van der Waals surface area (Å²) in [6.07, 6.45) is 0.975. The minimum Gasteiger partial charge on any atom is -0.335 e. The average Bonchev–Trinajstić information content (AvgIpc) is 3.28. The van der Waals surface area contributed by atoms with Gasteiger partial charge in [-0.25, -0.2) is 20.8 Å². The van der Waals surface area contributed by atoms with Crippen molar-refractivity contribution < 1.29 is 21.6 Å². The number of carbonyl (C=O) groups is 1. The summed E-state index contributed by atoms with van der Waals surface area (Å²) >= 11 is 0. The number of piperidine rings is 1. The standard InChI is InChI=1S/C27H34N4O5S2/c1-20-15-21(2)19-30(18-20)37(33,34)24-9-10-25-22(16-24)17-26(27(32)29-13-11-28(3)12-14-29)31(25)38(35,36)23-7-5-4-6-8-23/h4-10,16-17,20-21H,11-15,18-19H2,1-3H3. The number of aromatic nitrogens is 1. The number of amides is 1. The summed E-state index contributed by atoms with van der Waals surface area (Å²) in [5.74, 6) is 0.112. The highest BCUT2D eigenvalue weighted by Gasteiger charge is 2.34. The van der Waals surface area contributed by atoms with E-state index >= 15 is 0 Å². The van der Waals surface area contributed by atoms with Crippen LogP contribution in [-0.2, 0) is 20.0 Å². The molecule has 1 aromatic heterocycles. The van der Waals surface area contributed by atoms with E-state index in [2.05, 4.69) is 4.90 Å². The minimum atomic E-state index is -4.13. The van der Waals surface area contributed by atoms with Crippen LogP contribution in [0.1, 0.15) is 30.8 Å². The average molecular weight is 559 g/mol. The van der Waals surface area contributed by atoms with E-state index in [1.165, 1.54) is 40.7 Å². The molecule has 2 aliphatic rings. The van der Waals surface area contributed by atoms with Gasteiger partial charge in [0.05, 0.1) is 15.3 Å². The van der Waals surface area contributed by atoms with E-state index in [1.54, 1.807) is 23.1 Å². The molecule has 2 aromatic carbocycles. The third-order valence-corrected chi connectivity index (χ3v) is 11.1. The van der Waals surface area contributed by atoms with Crippen LogP contribution in [0.25, 0.3) is 10.9 Å². The molecule has 2 aliphatic heterocycles. The van der Waals surface area contributed by atoms with Crippen molar-refractivity contribution in [1.29, 1.82) is 0 Å². The highest BCUT2D eigenvalue weighted by Crippen LogP contribution is 2.32. The van der Waals surface area contributed by atoms with Gasteiger partial charge in [-0.3, -0.25) is 4.79 Å². The van der Waals surface area contributed by atoms with Crippen molar-refractivity contribution >= 4 is 36.9 Å². The first-order valence-corrected chi connectivity index (χ1v) is 15.8. The van der Waals surface area contributed by atoms with Crippen LogP contribution in [0, 0.1) is 11.8 Å². The number of hydrogen-bond acceptors (Lipinski definition) is 6. The van der Waals surface area contributed by atoms with Crippen molar-refractivity contribution in [2.45, 2.75) is 30.1 Å². The number of fused-ring (bicyclic) bond motifs is 1. The zero-order valence-electron chi connectivity index (χ0n) is 21.9. The Balaban J connectivity index is 1.63. The number of nitrogens with zero attached hydrogens (tertiary/aromatic N) is 4. The molecule has 3 aromatic rings. The van der Waals surface area contributed by atoms with Gasteiger partial charge in [0.2, 0.25) is 10.0 Å². The molecule has 0 N–H and O–H groups in total. The molecule has 2 saturated heterocycles. The Morgan fingerprint density at radius 3 is 2.05 bits per heavy atom.